The fourth-order valence-corrected chi connectivity index (χ4v) is 5.19. The summed E-state index contributed by atoms with van der Waals surface area (Å²) in [5.41, 5.74) is 1.33. The third kappa shape index (κ3) is 3.47. The van der Waals surface area contributed by atoms with Crippen molar-refractivity contribution in [2.24, 2.45) is 7.05 Å². The minimum atomic E-state index is -3.75. The summed E-state index contributed by atoms with van der Waals surface area (Å²) in [6.07, 6.45) is 4.18. The summed E-state index contributed by atoms with van der Waals surface area (Å²) in [5, 5.41) is 6.00. The summed E-state index contributed by atoms with van der Waals surface area (Å²) >= 11 is 0. The highest BCUT2D eigenvalue weighted by atomic mass is 35.5. The molecule has 0 spiro atoms. The third-order valence-corrected chi connectivity index (χ3v) is 6.87. The summed E-state index contributed by atoms with van der Waals surface area (Å²) < 4.78 is 30.0. The lowest BCUT2D eigenvalue weighted by molar-refractivity contribution is 0.0945. The summed E-state index contributed by atoms with van der Waals surface area (Å²) in [6.45, 7) is 2.00. The van der Waals surface area contributed by atoms with Gasteiger partial charge in [0.2, 0.25) is 10.0 Å². The second kappa shape index (κ2) is 7.59. The van der Waals surface area contributed by atoms with Crippen molar-refractivity contribution in [2.45, 2.75) is 17.4 Å². The van der Waals surface area contributed by atoms with Crippen molar-refractivity contribution in [3.63, 3.8) is 0 Å². The van der Waals surface area contributed by atoms with Crippen molar-refractivity contribution in [3.8, 4) is 0 Å². The summed E-state index contributed by atoms with van der Waals surface area (Å²) in [4.78, 5) is 16.6. The fraction of sp³-hybridized carbons (Fsp3) is 0.412. The zero-order valence-electron chi connectivity index (χ0n) is 14.9. The number of amides is 1. The molecule has 10 heteroatoms. The first-order valence-corrected chi connectivity index (χ1v) is 10.0. The van der Waals surface area contributed by atoms with Crippen molar-refractivity contribution in [2.75, 3.05) is 26.2 Å². The van der Waals surface area contributed by atoms with Crippen LogP contribution in [0.15, 0.2) is 35.5 Å². The lowest BCUT2D eigenvalue weighted by atomic mass is 10.0. The van der Waals surface area contributed by atoms with E-state index in [1.807, 2.05) is 11.6 Å². The molecule has 1 aromatic carbocycles. The summed E-state index contributed by atoms with van der Waals surface area (Å²) in [6, 6.07) is 4.46. The number of nitrogens with zero attached hydrogens (tertiary/aromatic N) is 3. The van der Waals surface area contributed by atoms with Gasteiger partial charge in [-0.2, -0.15) is 4.31 Å². The van der Waals surface area contributed by atoms with Crippen LogP contribution in [0.2, 0.25) is 0 Å². The third-order valence-electron chi connectivity index (χ3n) is 4.96. The molecule has 3 heterocycles. The monoisotopic (exact) mass is 411 g/mol. The molecule has 1 saturated heterocycles. The zero-order valence-corrected chi connectivity index (χ0v) is 16.5. The number of hydrogen-bond acceptors (Lipinski definition) is 5. The SMILES string of the molecule is Cl.Cn1ccnc1C1CNCCN1S(=O)(=O)c1ccc2c(c1)C(=O)NCC2. The number of hydrogen-bond donors (Lipinski definition) is 2. The number of sulfonamides is 1. The second-order valence-corrected chi connectivity index (χ2v) is 8.45. The molecular formula is C17H22ClN5O3S. The number of carbonyl (C=O) groups excluding carboxylic acids is 1. The summed E-state index contributed by atoms with van der Waals surface area (Å²) in [7, 11) is -1.90. The molecule has 146 valence electrons. The smallest absolute Gasteiger partial charge is 0.251 e. The number of piperazine rings is 1. The van der Waals surface area contributed by atoms with E-state index in [0.29, 0.717) is 44.0 Å². The zero-order chi connectivity index (χ0) is 18.3. The van der Waals surface area contributed by atoms with Gasteiger partial charge in [0.15, 0.2) is 0 Å². The highest BCUT2D eigenvalue weighted by molar-refractivity contribution is 7.89. The van der Waals surface area contributed by atoms with Crippen LogP contribution in [0.1, 0.15) is 27.8 Å². The minimum Gasteiger partial charge on any atom is -0.352 e. The number of imidazole rings is 1. The van der Waals surface area contributed by atoms with Crippen LogP contribution in [0, 0.1) is 0 Å². The normalized spacial score (nSPS) is 20.5. The Morgan fingerprint density at radius 1 is 1.26 bits per heavy atom. The fourth-order valence-electron chi connectivity index (χ4n) is 3.58. The predicted molar refractivity (Wildman–Crippen MR) is 102 cm³/mol. The second-order valence-electron chi connectivity index (χ2n) is 6.56. The van der Waals surface area contributed by atoms with Gasteiger partial charge in [0.1, 0.15) is 5.82 Å². The predicted octanol–water partition coefficient (Wildman–Crippen LogP) is 0.463. The van der Waals surface area contributed by atoms with Crippen LogP contribution in [0.4, 0.5) is 0 Å². The first-order chi connectivity index (χ1) is 12.5. The molecular weight excluding hydrogens is 390 g/mol. The van der Waals surface area contributed by atoms with E-state index < -0.39 is 16.1 Å². The Hall–Kier alpha value is -1.94. The molecule has 2 aliphatic heterocycles. The number of fused-ring (bicyclic) bond motifs is 1. The number of nitrogens with one attached hydrogen (secondary N) is 2. The molecule has 8 nitrogen and oxygen atoms in total. The summed E-state index contributed by atoms with van der Waals surface area (Å²) in [5.74, 6) is 0.473. The van der Waals surface area contributed by atoms with Crippen molar-refractivity contribution in [1.29, 1.82) is 0 Å². The molecule has 27 heavy (non-hydrogen) atoms. The van der Waals surface area contributed by atoms with E-state index in [2.05, 4.69) is 15.6 Å². The number of halogens is 1. The van der Waals surface area contributed by atoms with Crippen molar-refractivity contribution < 1.29 is 13.2 Å². The van der Waals surface area contributed by atoms with E-state index in [0.717, 1.165) is 5.56 Å². The maximum atomic E-state index is 13.3. The van der Waals surface area contributed by atoms with E-state index in [1.165, 1.54) is 10.4 Å². The standard InChI is InChI=1S/C17H21N5O3S.ClH/c1-21-8-7-19-16(21)15-11-18-6-9-22(15)26(24,25)13-3-2-12-4-5-20-17(23)14(12)10-13;/h2-3,7-8,10,15,18H,4-6,9,11H2,1H3,(H,20,23);1H. The van der Waals surface area contributed by atoms with Gasteiger partial charge in [-0.05, 0) is 24.1 Å². The van der Waals surface area contributed by atoms with E-state index >= 15 is 0 Å². The van der Waals surface area contributed by atoms with Crippen LogP contribution < -0.4 is 10.6 Å². The Bertz CT molecular complexity index is 959. The van der Waals surface area contributed by atoms with Gasteiger partial charge in [-0.25, -0.2) is 13.4 Å². The van der Waals surface area contributed by atoms with E-state index in [-0.39, 0.29) is 23.2 Å². The van der Waals surface area contributed by atoms with Crippen molar-refractivity contribution in [3.05, 3.63) is 47.5 Å². The molecule has 1 unspecified atom stereocenters. The average molecular weight is 412 g/mol. The molecule has 2 N–H and O–H groups in total. The molecule has 0 aliphatic carbocycles. The van der Waals surface area contributed by atoms with Crippen molar-refractivity contribution >= 4 is 28.3 Å². The molecule has 2 aliphatic rings. The van der Waals surface area contributed by atoms with Gasteiger partial charge < -0.3 is 15.2 Å². The highest BCUT2D eigenvalue weighted by Gasteiger charge is 2.37. The van der Waals surface area contributed by atoms with E-state index in [9.17, 15) is 13.2 Å². The minimum absolute atomic E-state index is 0. The maximum Gasteiger partial charge on any atom is 0.251 e. The van der Waals surface area contributed by atoms with Gasteiger partial charge in [0, 0.05) is 51.2 Å². The van der Waals surface area contributed by atoms with Crippen LogP contribution >= 0.6 is 12.4 Å². The molecule has 0 bridgehead atoms. The molecule has 0 saturated carbocycles. The Morgan fingerprint density at radius 2 is 2.07 bits per heavy atom. The van der Waals surface area contributed by atoms with Gasteiger partial charge in [-0.3, -0.25) is 4.79 Å². The van der Waals surface area contributed by atoms with Crippen LogP contribution in [0.5, 0.6) is 0 Å². The maximum absolute atomic E-state index is 13.3. The number of benzene rings is 1. The molecule has 2 aromatic rings. The van der Waals surface area contributed by atoms with E-state index in [1.54, 1.807) is 24.5 Å². The van der Waals surface area contributed by atoms with Crippen molar-refractivity contribution in [1.82, 2.24) is 24.5 Å². The lowest BCUT2D eigenvalue weighted by Gasteiger charge is -2.34. The highest BCUT2D eigenvalue weighted by Crippen LogP contribution is 2.29. The molecule has 4 rings (SSSR count). The van der Waals surface area contributed by atoms with Gasteiger partial charge in [0.25, 0.3) is 5.91 Å². The van der Waals surface area contributed by atoms with Crippen LogP contribution in [-0.2, 0) is 23.5 Å². The molecule has 1 amide bonds. The largest absolute Gasteiger partial charge is 0.352 e. The van der Waals surface area contributed by atoms with Crippen LogP contribution in [0.25, 0.3) is 0 Å². The van der Waals surface area contributed by atoms with Gasteiger partial charge in [-0.15, -0.1) is 12.4 Å². The van der Waals surface area contributed by atoms with Crippen LogP contribution in [-0.4, -0.2) is 54.4 Å². The Labute approximate surface area is 164 Å². The lowest BCUT2D eigenvalue weighted by Crippen LogP contribution is -2.49. The Kier molecular flexibility index (Phi) is 5.57. The van der Waals surface area contributed by atoms with Gasteiger partial charge in [0.05, 0.1) is 10.9 Å². The quantitative estimate of drug-likeness (QED) is 0.765. The van der Waals surface area contributed by atoms with Gasteiger partial charge >= 0.3 is 0 Å². The van der Waals surface area contributed by atoms with Gasteiger partial charge in [-0.1, -0.05) is 6.07 Å². The number of aromatic nitrogens is 2. The number of aryl methyl sites for hydroxylation is 1. The average Bonchev–Trinajstić information content (AvgIpc) is 3.07. The Balaban J connectivity index is 0.00000210. The molecule has 1 fully saturated rings. The Morgan fingerprint density at radius 3 is 2.81 bits per heavy atom. The number of rotatable bonds is 3. The first kappa shape index (κ1) is 19.8. The topological polar surface area (TPSA) is 96.3 Å². The molecule has 1 aromatic heterocycles. The number of carbonyl (C=O) groups is 1. The molecule has 1 atom stereocenters. The van der Waals surface area contributed by atoms with E-state index in [4.69, 9.17) is 0 Å². The first-order valence-electron chi connectivity index (χ1n) is 8.59. The van der Waals surface area contributed by atoms with Crippen LogP contribution in [0.3, 0.4) is 0 Å². The molecule has 0 radical (unpaired) electrons.